The Morgan fingerprint density at radius 3 is 2.65 bits per heavy atom. The molecule has 10 heteroatoms. The Morgan fingerprint density at radius 2 is 1.96 bits per heavy atom. The van der Waals surface area contributed by atoms with Crippen LogP contribution >= 0.6 is 0 Å². The van der Waals surface area contributed by atoms with Gasteiger partial charge in [0.1, 0.15) is 11.6 Å². The summed E-state index contributed by atoms with van der Waals surface area (Å²) >= 11 is 0. The van der Waals surface area contributed by atoms with Crippen molar-refractivity contribution in [3.8, 4) is 5.82 Å². The molecule has 0 aliphatic carbocycles. The highest BCUT2D eigenvalue weighted by Crippen LogP contribution is 2.07. The summed E-state index contributed by atoms with van der Waals surface area (Å²) in [5, 5.41) is 15.1. The van der Waals surface area contributed by atoms with Crippen LogP contribution in [-0.2, 0) is 15.8 Å². The number of benzene rings is 1. The number of hydrogen-bond donors (Lipinski definition) is 2. The number of nitrogens with one attached hydrogen (secondary N) is 2. The average Bonchev–Trinajstić information content (AvgIpc) is 3.13. The predicted octanol–water partition coefficient (Wildman–Crippen LogP) is 1.33. The number of rotatable bonds is 8. The van der Waals surface area contributed by atoms with Crippen LogP contribution in [0.25, 0.3) is 5.82 Å². The zero-order valence-electron chi connectivity index (χ0n) is 13.7. The quantitative estimate of drug-likeness (QED) is 0.575. The van der Waals surface area contributed by atoms with E-state index in [1.807, 2.05) is 0 Å². The van der Waals surface area contributed by atoms with Gasteiger partial charge in [0, 0.05) is 25.5 Å². The zero-order valence-corrected chi connectivity index (χ0v) is 14.5. The maximum Gasteiger partial charge on any atom is 0.215 e. The number of nitrogens with zero attached hydrogens (tertiary/aromatic N) is 4. The maximum absolute atomic E-state index is 13.1. The number of halogens is 1. The molecule has 0 spiro atoms. The molecule has 0 unspecified atom stereocenters. The van der Waals surface area contributed by atoms with Crippen molar-refractivity contribution in [1.82, 2.24) is 24.7 Å². The highest BCUT2D eigenvalue weighted by Gasteiger charge is 2.11. The Kier molecular flexibility index (Phi) is 5.54. The van der Waals surface area contributed by atoms with Crippen molar-refractivity contribution in [3.63, 3.8) is 0 Å². The summed E-state index contributed by atoms with van der Waals surface area (Å²) < 4.78 is 41.1. The third-order valence-corrected chi connectivity index (χ3v) is 4.75. The molecule has 0 radical (unpaired) electrons. The fraction of sp³-hybridized carbons (Fsp3) is 0.188. The zero-order chi connectivity index (χ0) is 18.4. The van der Waals surface area contributed by atoms with Crippen LogP contribution in [0.15, 0.2) is 54.9 Å². The van der Waals surface area contributed by atoms with E-state index in [0.29, 0.717) is 23.7 Å². The average molecular weight is 376 g/mol. The van der Waals surface area contributed by atoms with E-state index < -0.39 is 15.8 Å². The molecule has 136 valence electrons. The van der Waals surface area contributed by atoms with E-state index in [0.717, 1.165) is 0 Å². The van der Waals surface area contributed by atoms with Crippen LogP contribution in [0.5, 0.6) is 0 Å². The summed E-state index contributed by atoms with van der Waals surface area (Å²) in [5.74, 6) is 0.362. The third kappa shape index (κ3) is 5.07. The molecule has 0 saturated carbocycles. The molecule has 0 aliphatic heterocycles. The topological polar surface area (TPSA) is 102 Å². The van der Waals surface area contributed by atoms with Gasteiger partial charge in [-0.25, -0.2) is 22.2 Å². The van der Waals surface area contributed by atoms with Gasteiger partial charge in [0.15, 0.2) is 5.82 Å². The molecular weight excluding hydrogens is 359 g/mol. The standard InChI is InChI=1S/C16H17FN6O2S/c17-14-4-1-3-13(11-14)12-26(24,25)20-9-8-18-15-5-6-16(22-21-15)23-10-2-7-19-23/h1-7,10-11,20H,8-9,12H2,(H,18,21). The van der Waals surface area contributed by atoms with E-state index in [2.05, 4.69) is 25.3 Å². The summed E-state index contributed by atoms with van der Waals surface area (Å²) in [5.41, 5.74) is 0.394. The summed E-state index contributed by atoms with van der Waals surface area (Å²) in [6.07, 6.45) is 3.40. The molecule has 2 heterocycles. The maximum atomic E-state index is 13.1. The van der Waals surface area contributed by atoms with Gasteiger partial charge >= 0.3 is 0 Å². The SMILES string of the molecule is O=S(=O)(Cc1cccc(F)c1)NCCNc1ccc(-n2cccn2)nn1. The molecule has 2 N–H and O–H groups in total. The Morgan fingerprint density at radius 1 is 1.08 bits per heavy atom. The van der Waals surface area contributed by atoms with Gasteiger partial charge in [-0.15, -0.1) is 10.2 Å². The van der Waals surface area contributed by atoms with Crippen molar-refractivity contribution in [2.75, 3.05) is 18.4 Å². The first-order valence-corrected chi connectivity index (χ1v) is 9.46. The molecule has 26 heavy (non-hydrogen) atoms. The van der Waals surface area contributed by atoms with Crippen LogP contribution in [0.2, 0.25) is 0 Å². The van der Waals surface area contributed by atoms with E-state index in [1.165, 1.54) is 18.2 Å². The largest absolute Gasteiger partial charge is 0.367 e. The number of sulfonamides is 1. The first-order chi connectivity index (χ1) is 12.5. The molecular formula is C16H17FN6O2S. The van der Waals surface area contributed by atoms with Crippen molar-refractivity contribution in [1.29, 1.82) is 0 Å². The van der Waals surface area contributed by atoms with Crippen LogP contribution in [0, 0.1) is 5.82 Å². The predicted molar refractivity (Wildman–Crippen MR) is 94.7 cm³/mol. The first-order valence-electron chi connectivity index (χ1n) is 7.81. The fourth-order valence-corrected chi connectivity index (χ4v) is 3.37. The highest BCUT2D eigenvalue weighted by atomic mass is 32.2. The Bertz CT molecular complexity index is 945. The molecule has 0 atom stereocenters. The van der Waals surface area contributed by atoms with Gasteiger partial charge in [0.25, 0.3) is 0 Å². The van der Waals surface area contributed by atoms with Crippen LogP contribution in [-0.4, -0.2) is 41.5 Å². The second-order valence-corrected chi connectivity index (χ2v) is 7.24. The van der Waals surface area contributed by atoms with Gasteiger partial charge < -0.3 is 5.32 Å². The van der Waals surface area contributed by atoms with Gasteiger partial charge in [-0.3, -0.25) is 0 Å². The molecule has 0 saturated heterocycles. The van der Waals surface area contributed by atoms with Crippen molar-refractivity contribution in [3.05, 3.63) is 66.2 Å². The fourth-order valence-electron chi connectivity index (χ4n) is 2.24. The van der Waals surface area contributed by atoms with Gasteiger partial charge in [0.2, 0.25) is 10.0 Å². The minimum Gasteiger partial charge on any atom is -0.367 e. The van der Waals surface area contributed by atoms with E-state index in [9.17, 15) is 12.8 Å². The Balaban J connectivity index is 1.46. The van der Waals surface area contributed by atoms with E-state index in [-0.39, 0.29) is 12.3 Å². The number of hydrogen-bond acceptors (Lipinski definition) is 6. The van der Waals surface area contributed by atoms with E-state index >= 15 is 0 Å². The van der Waals surface area contributed by atoms with Crippen LogP contribution in [0.4, 0.5) is 10.2 Å². The van der Waals surface area contributed by atoms with Crippen molar-refractivity contribution < 1.29 is 12.8 Å². The van der Waals surface area contributed by atoms with Crippen LogP contribution in [0.3, 0.4) is 0 Å². The minimum atomic E-state index is -3.55. The molecule has 0 fully saturated rings. The lowest BCUT2D eigenvalue weighted by Crippen LogP contribution is -2.30. The molecule has 0 amide bonds. The highest BCUT2D eigenvalue weighted by molar-refractivity contribution is 7.88. The van der Waals surface area contributed by atoms with Crippen LogP contribution in [0.1, 0.15) is 5.56 Å². The van der Waals surface area contributed by atoms with Gasteiger partial charge in [0.05, 0.1) is 5.75 Å². The van der Waals surface area contributed by atoms with E-state index in [1.54, 1.807) is 41.3 Å². The van der Waals surface area contributed by atoms with Crippen molar-refractivity contribution >= 4 is 15.8 Å². The van der Waals surface area contributed by atoms with Gasteiger partial charge in [-0.2, -0.15) is 5.10 Å². The summed E-state index contributed by atoms with van der Waals surface area (Å²) in [4.78, 5) is 0. The minimum absolute atomic E-state index is 0.167. The molecule has 0 aliphatic rings. The Hall–Kier alpha value is -2.85. The van der Waals surface area contributed by atoms with Gasteiger partial charge in [-0.1, -0.05) is 12.1 Å². The summed E-state index contributed by atoms with van der Waals surface area (Å²) in [6.45, 7) is 0.498. The van der Waals surface area contributed by atoms with Crippen molar-refractivity contribution in [2.45, 2.75) is 5.75 Å². The molecule has 8 nitrogen and oxygen atoms in total. The monoisotopic (exact) mass is 376 g/mol. The Labute approximate surface area is 150 Å². The number of aromatic nitrogens is 4. The second-order valence-electron chi connectivity index (χ2n) is 5.44. The lowest BCUT2D eigenvalue weighted by molar-refractivity contribution is 0.581. The second kappa shape index (κ2) is 8.02. The first kappa shape index (κ1) is 18.0. The van der Waals surface area contributed by atoms with E-state index in [4.69, 9.17) is 0 Å². The molecule has 1 aromatic carbocycles. The van der Waals surface area contributed by atoms with Crippen LogP contribution < -0.4 is 10.0 Å². The van der Waals surface area contributed by atoms with Gasteiger partial charge in [-0.05, 0) is 35.9 Å². The third-order valence-electron chi connectivity index (χ3n) is 3.39. The number of anilines is 1. The normalized spacial score (nSPS) is 11.4. The smallest absolute Gasteiger partial charge is 0.215 e. The lowest BCUT2D eigenvalue weighted by atomic mass is 10.2. The molecule has 3 rings (SSSR count). The lowest BCUT2D eigenvalue weighted by Gasteiger charge is -2.08. The molecule has 3 aromatic rings. The van der Waals surface area contributed by atoms with Crippen molar-refractivity contribution in [2.24, 2.45) is 0 Å². The molecule has 2 aromatic heterocycles. The molecule has 0 bridgehead atoms. The summed E-state index contributed by atoms with van der Waals surface area (Å²) in [6, 6.07) is 10.8. The summed E-state index contributed by atoms with van der Waals surface area (Å²) in [7, 11) is -3.55.